The van der Waals surface area contributed by atoms with Crippen LogP contribution in [0, 0.1) is 0 Å². The van der Waals surface area contributed by atoms with E-state index in [2.05, 4.69) is 0 Å². The van der Waals surface area contributed by atoms with Gasteiger partial charge >= 0.3 is 0 Å². The predicted octanol–water partition coefficient (Wildman–Crippen LogP) is -0.857. The molecule has 1 amide bonds. The number of amides is 1. The summed E-state index contributed by atoms with van der Waals surface area (Å²) in [5.74, 6) is -0.175. The van der Waals surface area contributed by atoms with Crippen LogP contribution in [0.4, 0.5) is 0 Å². The van der Waals surface area contributed by atoms with Crippen LogP contribution in [0.15, 0.2) is 0 Å². The second-order valence-electron chi connectivity index (χ2n) is 4.44. The van der Waals surface area contributed by atoms with Crippen LogP contribution in [-0.4, -0.2) is 82.9 Å². The topological polar surface area (TPSA) is 76.2 Å². The second kappa shape index (κ2) is 7.78. The number of ether oxygens (including phenoxy) is 2. The molecule has 19 heavy (non-hydrogen) atoms. The van der Waals surface area contributed by atoms with Crippen molar-refractivity contribution in [2.24, 2.45) is 0 Å². The number of nitrogens with zero attached hydrogens (tertiary/aromatic N) is 2. The number of carbonyl (C=O) groups excluding carboxylic acids is 1. The van der Waals surface area contributed by atoms with Gasteiger partial charge < -0.3 is 14.4 Å². The van der Waals surface area contributed by atoms with E-state index in [4.69, 9.17) is 9.47 Å². The molecular weight excluding hydrogens is 272 g/mol. The van der Waals surface area contributed by atoms with Crippen LogP contribution in [0.5, 0.6) is 0 Å². The van der Waals surface area contributed by atoms with E-state index < -0.39 is 10.0 Å². The molecule has 8 heteroatoms. The summed E-state index contributed by atoms with van der Waals surface area (Å²) in [4.78, 5) is 13.7. The number of hydrogen-bond acceptors (Lipinski definition) is 5. The lowest BCUT2D eigenvalue weighted by Crippen LogP contribution is -2.47. The Hall–Kier alpha value is -0.700. The molecule has 1 aliphatic rings. The molecule has 0 aliphatic carbocycles. The van der Waals surface area contributed by atoms with Crippen molar-refractivity contribution in [3.8, 4) is 0 Å². The summed E-state index contributed by atoms with van der Waals surface area (Å²) in [7, 11) is -1.82. The standard InChI is InChI=1S/C11H22N2O5S/c1-17-7-3-4-13(19(2,15)16)10-11(14)12-5-8-18-9-6-12/h3-10H2,1-2H3. The molecule has 0 aromatic rings. The monoisotopic (exact) mass is 294 g/mol. The van der Waals surface area contributed by atoms with Gasteiger partial charge in [-0.2, -0.15) is 4.31 Å². The van der Waals surface area contributed by atoms with E-state index in [0.717, 1.165) is 6.26 Å². The lowest BCUT2D eigenvalue weighted by molar-refractivity contribution is -0.135. The van der Waals surface area contributed by atoms with Crippen LogP contribution in [-0.2, 0) is 24.3 Å². The number of rotatable bonds is 7. The number of methoxy groups -OCH3 is 1. The quantitative estimate of drug-likeness (QED) is 0.571. The lowest BCUT2D eigenvalue weighted by atomic mass is 10.4. The van der Waals surface area contributed by atoms with Gasteiger partial charge in [0.15, 0.2) is 0 Å². The number of hydrogen-bond donors (Lipinski definition) is 0. The molecule has 7 nitrogen and oxygen atoms in total. The molecule has 1 fully saturated rings. The molecule has 0 unspecified atom stereocenters. The highest BCUT2D eigenvalue weighted by Gasteiger charge is 2.24. The fourth-order valence-corrected chi connectivity index (χ4v) is 2.62. The summed E-state index contributed by atoms with van der Waals surface area (Å²) in [6.45, 7) is 2.72. The van der Waals surface area contributed by atoms with Crippen LogP contribution in [0.3, 0.4) is 0 Å². The summed E-state index contributed by atoms with van der Waals surface area (Å²) >= 11 is 0. The van der Waals surface area contributed by atoms with E-state index in [-0.39, 0.29) is 12.5 Å². The Morgan fingerprint density at radius 2 is 2.00 bits per heavy atom. The number of sulfonamides is 1. The van der Waals surface area contributed by atoms with Crippen LogP contribution in [0.2, 0.25) is 0 Å². The second-order valence-corrected chi connectivity index (χ2v) is 6.42. The Labute approximate surface area is 114 Å². The van der Waals surface area contributed by atoms with Gasteiger partial charge in [0.1, 0.15) is 0 Å². The van der Waals surface area contributed by atoms with Crippen molar-refractivity contribution in [1.82, 2.24) is 9.21 Å². The van der Waals surface area contributed by atoms with Crippen LogP contribution >= 0.6 is 0 Å². The molecule has 1 heterocycles. The minimum atomic E-state index is -3.38. The zero-order chi connectivity index (χ0) is 14.3. The zero-order valence-corrected chi connectivity index (χ0v) is 12.3. The molecule has 112 valence electrons. The first kappa shape index (κ1) is 16.4. The van der Waals surface area contributed by atoms with Gasteiger partial charge in [0.05, 0.1) is 26.0 Å². The third kappa shape index (κ3) is 5.85. The van der Waals surface area contributed by atoms with E-state index in [9.17, 15) is 13.2 Å². The van der Waals surface area contributed by atoms with Crippen molar-refractivity contribution in [3.05, 3.63) is 0 Å². The van der Waals surface area contributed by atoms with Crippen molar-refractivity contribution in [3.63, 3.8) is 0 Å². The van der Waals surface area contributed by atoms with Gasteiger partial charge in [-0.25, -0.2) is 8.42 Å². The minimum absolute atomic E-state index is 0.109. The van der Waals surface area contributed by atoms with E-state index >= 15 is 0 Å². The first-order valence-corrected chi connectivity index (χ1v) is 8.09. The Kier molecular flexibility index (Phi) is 6.70. The van der Waals surface area contributed by atoms with Crippen molar-refractivity contribution in [2.45, 2.75) is 6.42 Å². The molecular formula is C11H22N2O5S. The van der Waals surface area contributed by atoms with E-state index in [0.29, 0.717) is 45.9 Å². The SMILES string of the molecule is COCCCN(CC(=O)N1CCOCC1)S(C)(=O)=O. The van der Waals surface area contributed by atoms with Gasteiger partial charge in [-0.15, -0.1) is 0 Å². The van der Waals surface area contributed by atoms with Crippen LogP contribution < -0.4 is 0 Å². The van der Waals surface area contributed by atoms with Gasteiger partial charge in [0, 0.05) is 33.4 Å². The zero-order valence-electron chi connectivity index (χ0n) is 11.5. The Balaban J connectivity index is 2.53. The maximum absolute atomic E-state index is 12.0. The Morgan fingerprint density at radius 1 is 1.37 bits per heavy atom. The number of morpholine rings is 1. The smallest absolute Gasteiger partial charge is 0.238 e. The molecule has 0 bridgehead atoms. The largest absolute Gasteiger partial charge is 0.385 e. The van der Waals surface area contributed by atoms with Gasteiger partial charge in [-0.05, 0) is 6.42 Å². The average Bonchev–Trinajstić information content (AvgIpc) is 2.37. The normalized spacial score (nSPS) is 16.9. The minimum Gasteiger partial charge on any atom is -0.385 e. The fraction of sp³-hybridized carbons (Fsp3) is 0.909. The number of carbonyl (C=O) groups is 1. The maximum Gasteiger partial charge on any atom is 0.238 e. The molecule has 0 aromatic carbocycles. The molecule has 0 saturated carbocycles. The van der Waals surface area contributed by atoms with Crippen molar-refractivity contribution in [1.29, 1.82) is 0 Å². The predicted molar refractivity (Wildman–Crippen MR) is 70.3 cm³/mol. The Morgan fingerprint density at radius 3 is 2.53 bits per heavy atom. The van der Waals surface area contributed by atoms with Gasteiger partial charge in [0.2, 0.25) is 15.9 Å². The summed E-state index contributed by atoms with van der Waals surface area (Å²) in [5.41, 5.74) is 0. The summed E-state index contributed by atoms with van der Waals surface area (Å²) in [5, 5.41) is 0. The molecule has 1 aliphatic heterocycles. The van der Waals surface area contributed by atoms with Crippen LogP contribution in [0.25, 0.3) is 0 Å². The third-order valence-electron chi connectivity index (χ3n) is 2.90. The third-order valence-corrected chi connectivity index (χ3v) is 4.15. The fourth-order valence-electron chi connectivity index (χ4n) is 1.81. The summed E-state index contributed by atoms with van der Waals surface area (Å²) < 4.78 is 34.5. The van der Waals surface area contributed by atoms with E-state index in [1.807, 2.05) is 0 Å². The molecule has 0 atom stereocenters. The molecule has 1 saturated heterocycles. The molecule has 0 N–H and O–H groups in total. The highest BCUT2D eigenvalue weighted by atomic mass is 32.2. The maximum atomic E-state index is 12.0. The van der Waals surface area contributed by atoms with Gasteiger partial charge in [-0.1, -0.05) is 0 Å². The van der Waals surface area contributed by atoms with Crippen LogP contribution in [0.1, 0.15) is 6.42 Å². The molecule has 1 rings (SSSR count). The van der Waals surface area contributed by atoms with Gasteiger partial charge in [0.25, 0.3) is 0 Å². The summed E-state index contributed by atoms with van der Waals surface area (Å²) in [6.07, 6.45) is 1.69. The van der Waals surface area contributed by atoms with Crippen molar-refractivity contribution < 1.29 is 22.7 Å². The molecule has 0 radical (unpaired) electrons. The highest BCUT2D eigenvalue weighted by molar-refractivity contribution is 7.88. The average molecular weight is 294 g/mol. The van der Waals surface area contributed by atoms with E-state index in [1.54, 1.807) is 12.0 Å². The molecule has 0 aromatic heterocycles. The van der Waals surface area contributed by atoms with E-state index in [1.165, 1.54) is 4.31 Å². The van der Waals surface area contributed by atoms with Crippen molar-refractivity contribution >= 4 is 15.9 Å². The highest BCUT2D eigenvalue weighted by Crippen LogP contribution is 2.04. The Bertz CT molecular complexity index is 379. The molecule has 0 spiro atoms. The van der Waals surface area contributed by atoms with Crippen molar-refractivity contribution in [2.75, 3.05) is 59.4 Å². The first-order chi connectivity index (χ1) is 8.95. The summed E-state index contributed by atoms with van der Waals surface area (Å²) in [6, 6.07) is 0. The van der Waals surface area contributed by atoms with Gasteiger partial charge in [-0.3, -0.25) is 4.79 Å². The lowest BCUT2D eigenvalue weighted by Gasteiger charge is -2.29. The first-order valence-electron chi connectivity index (χ1n) is 6.24.